The summed E-state index contributed by atoms with van der Waals surface area (Å²) < 4.78 is 0. The van der Waals surface area contributed by atoms with Gasteiger partial charge in [-0.2, -0.15) is 11.8 Å². The van der Waals surface area contributed by atoms with E-state index in [-0.39, 0.29) is 29.5 Å². The fourth-order valence-corrected chi connectivity index (χ4v) is 2.04. The van der Waals surface area contributed by atoms with E-state index in [2.05, 4.69) is 10.3 Å². The van der Waals surface area contributed by atoms with Gasteiger partial charge in [-0.15, -0.1) is 0 Å². The van der Waals surface area contributed by atoms with Crippen LogP contribution in [-0.4, -0.2) is 40.2 Å². The van der Waals surface area contributed by atoms with Crippen LogP contribution < -0.4 is 11.1 Å². The van der Waals surface area contributed by atoms with Crippen molar-refractivity contribution in [3.05, 3.63) is 24.0 Å². The Morgan fingerprint density at radius 2 is 2.41 bits per heavy atom. The molecule has 94 valence electrons. The van der Waals surface area contributed by atoms with Crippen LogP contribution in [0.5, 0.6) is 0 Å². The fourth-order valence-electron chi connectivity index (χ4n) is 1.41. The zero-order chi connectivity index (χ0) is 12.8. The van der Waals surface area contributed by atoms with E-state index >= 15 is 0 Å². The summed E-state index contributed by atoms with van der Waals surface area (Å²) in [5, 5.41) is 11.9. The van der Waals surface area contributed by atoms with Crippen LogP contribution in [0, 0.1) is 0 Å². The molecule has 0 spiro atoms. The van der Waals surface area contributed by atoms with Gasteiger partial charge in [-0.05, 0) is 25.3 Å². The van der Waals surface area contributed by atoms with E-state index in [1.165, 1.54) is 18.0 Å². The lowest BCUT2D eigenvalue weighted by Gasteiger charge is -2.21. The minimum Gasteiger partial charge on any atom is -0.397 e. The van der Waals surface area contributed by atoms with Crippen LogP contribution in [0.1, 0.15) is 17.4 Å². The predicted molar refractivity (Wildman–Crippen MR) is 70.0 cm³/mol. The normalized spacial score (nSPS) is 14.1. The van der Waals surface area contributed by atoms with E-state index in [0.29, 0.717) is 5.69 Å². The summed E-state index contributed by atoms with van der Waals surface area (Å²) in [5.74, 6) is -0.317. The molecule has 4 N–H and O–H groups in total. The molecular weight excluding hydrogens is 238 g/mol. The number of nitrogens with zero attached hydrogens (tertiary/aromatic N) is 1. The molecule has 6 heteroatoms. The number of nitrogens with one attached hydrogen (secondary N) is 1. The molecule has 1 rings (SSSR count). The first kappa shape index (κ1) is 13.8. The van der Waals surface area contributed by atoms with Crippen molar-refractivity contribution in [2.75, 3.05) is 18.6 Å². The first-order valence-electron chi connectivity index (χ1n) is 5.25. The van der Waals surface area contributed by atoms with Crippen molar-refractivity contribution in [3.63, 3.8) is 0 Å². The standard InChI is InChI=1S/C11H17N3O2S/c1-7(9(6-15)17-2)14-11(16)10-8(12)4-3-5-13-10/h3-5,7,9,15H,6,12H2,1-2H3,(H,14,16). The van der Waals surface area contributed by atoms with Crippen molar-refractivity contribution in [2.24, 2.45) is 0 Å². The molecule has 0 aromatic carbocycles. The lowest BCUT2D eigenvalue weighted by Crippen LogP contribution is -2.41. The number of thioether (sulfide) groups is 1. The second-order valence-corrected chi connectivity index (χ2v) is 4.74. The van der Waals surface area contributed by atoms with Gasteiger partial charge in [0.05, 0.1) is 12.3 Å². The number of rotatable bonds is 5. The van der Waals surface area contributed by atoms with Gasteiger partial charge in [0.25, 0.3) is 5.91 Å². The predicted octanol–water partition coefficient (Wildman–Crippen LogP) is 0.506. The summed E-state index contributed by atoms with van der Waals surface area (Å²) in [5.41, 5.74) is 6.23. The zero-order valence-electron chi connectivity index (χ0n) is 9.88. The average Bonchev–Trinajstić information content (AvgIpc) is 2.31. The molecule has 0 aliphatic heterocycles. The van der Waals surface area contributed by atoms with Crippen LogP contribution in [0.2, 0.25) is 0 Å². The highest BCUT2D eigenvalue weighted by molar-refractivity contribution is 7.99. The maximum atomic E-state index is 11.9. The van der Waals surface area contributed by atoms with Crippen LogP contribution in [0.15, 0.2) is 18.3 Å². The van der Waals surface area contributed by atoms with Crippen molar-refractivity contribution < 1.29 is 9.90 Å². The maximum Gasteiger partial charge on any atom is 0.272 e. The number of aliphatic hydroxyl groups excluding tert-OH is 1. The summed E-state index contributed by atoms with van der Waals surface area (Å²) in [6.07, 6.45) is 3.41. The van der Waals surface area contributed by atoms with Crippen molar-refractivity contribution in [1.29, 1.82) is 0 Å². The first-order valence-corrected chi connectivity index (χ1v) is 6.54. The maximum absolute atomic E-state index is 11.9. The van der Waals surface area contributed by atoms with E-state index in [0.717, 1.165) is 0 Å². The van der Waals surface area contributed by atoms with E-state index in [9.17, 15) is 4.79 Å². The molecular formula is C11H17N3O2S. The number of pyridine rings is 1. The Balaban J connectivity index is 2.70. The highest BCUT2D eigenvalue weighted by Crippen LogP contribution is 2.12. The smallest absolute Gasteiger partial charge is 0.272 e. The number of anilines is 1. The molecule has 0 saturated heterocycles. The molecule has 5 nitrogen and oxygen atoms in total. The number of hydrogen-bond donors (Lipinski definition) is 3. The molecule has 0 bridgehead atoms. The molecule has 0 aliphatic carbocycles. The minimum atomic E-state index is -0.317. The van der Waals surface area contributed by atoms with E-state index in [1.54, 1.807) is 12.1 Å². The second-order valence-electron chi connectivity index (χ2n) is 3.66. The van der Waals surface area contributed by atoms with Gasteiger partial charge in [0.2, 0.25) is 0 Å². The Morgan fingerprint density at radius 1 is 1.71 bits per heavy atom. The van der Waals surface area contributed by atoms with Crippen molar-refractivity contribution in [2.45, 2.75) is 18.2 Å². The largest absolute Gasteiger partial charge is 0.397 e. The van der Waals surface area contributed by atoms with Gasteiger partial charge in [-0.25, -0.2) is 4.98 Å². The number of nitrogen functional groups attached to an aromatic ring is 1. The van der Waals surface area contributed by atoms with E-state index < -0.39 is 0 Å². The Bertz CT molecular complexity index is 383. The van der Waals surface area contributed by atoms with E-state index in [4.69, 9.17) is 10.8 Å². The second kappa shape index (κ2) is 6.46. The Kier molecular flexibility index (Phi) is 5.24. The Labute approximate surface area is 105 Å². The number of aliphatic hydroxyl groups is 1. The van der Waals surface area contributed by atoms with Gasteiger partial charge in [0.1, 0.15) is 0 Å². The molecule has 0 saturated carbocycles. The van der Waals surface area contributed by atoms with Crippen LogP contribution in [0.3, 0.4) is 0 Å². The lowest BCUT2D eigenvalue weighted by molar-refractivity contribution is 0.0932. The summed E-state index contributed by atoms with van der Waals surface area (Å²) >= 11 is 1.50. The third kappa shape index (κ3) is 3.61. The molecule has 1 heterocycles. The molecule has 0 fully saturated rings. The average molecular weight is 255 g/mol. The van der Waals surface area contributed by atoms with Crippen LogP contribution in [-0.2, 0) is 0 Å². The highest BCUT2D eigenvalue weighted by Gasteiger charge is 2.19. The quantitative estimate of drug-likeness (QED) is 0.713. The fraction of sp³-hybridized carbons (Fsp3) is 0.455. The lowest BCUT2D eigenvalue weighted by atomic mass is 10.2. The van der Waals surface area contributed by atoms with Gasteiger partial charge in [-0.3, -0.25) is 4.79 Å². The third-order valence-electron chi connectivity index (χ3n) is 2.45. The molecule has 1 amide bonds. The first-order chi connectivity index (χ1) is 8.10. The van der Waals surface area contributed by atoms with Crippen LogP contribution in [0.4, 0.5) is 5.69 Å². The van der Waals surface area contributed by atoms with Gasteiger partial charge in [0.15, 0.2) is 5.69 Å². The number of hydrogen-bond acceptors (Lipinski definition) is 5. The van der Waals surface area contributed by atoms with Crippen molar-refractivity contribution in [1.82, 2.24) is 10.3 Å². The number of aromatic nitrogens is 1. The summed E-state index contributed by atoms with van der Waals surface area (Å²) in [4.78, 5) is 15.8. The highest BCUT2D eigenvalue weighted by atomic mass is 32.2. The molecule has 17 heavy (non-hydrogen) atoms. The van der Waals surface area contributed by atoms with Gasteiger partial charge < -0.3 is 16.2 Å². The van der Waals surface area contributed by atoms with Crippen molar-refractivity contribution in [3.8, 4) is 0 Å². The van der Waals surface area contributed by atoms with Gasteiger partial charge in [-0.1, -0.05) is 0 Å². The minimum absolute atomic E-state index is 0.0142. The SMILES string of the molecule is CSC(CO)C(C)NC(=O)c1ncccc1N. The van der Waals surface area contributed by atoms with Gasteiger partial charge >= 0.3 is 0 Å². The van der Waals surface area contributed by atoms with Crippen LogP contribution >= 0.6 is 11.8 Å². The summed E-state index contributed by atoms with van der Waals surface area (Å²) in [7, 11) is 0. The molecule has 0 aliphatic rings. The molecule has 1 aromatic rings. The Hall–Kier alpha value is -1.27. The number of nitrogens with two attached hydrogens (primary N) is 1. The van der Waals surface area contributed by atoms with Crippen molar-refractivity contribution >= 4 is 23.4 Å². The molecule has 1 aromatic heterocycles. The summed E-state index contributed by atoms with van der Waals surface area (Å²) in [6, 6.07) is 3.16. The topological polar surface area (TPSA) is 88.2 Å². The Morgan fingerprint density at radius 3 is 2.94 bits per heavy atom. The zero-order valence-corrected chi connectivity index (χ0v) is 10.7. The number of carbonyl (C=O) groups is 1. The number of carbonyl (C=O) groups excluding carboxylic acids is 1. The third-order valence-corrected chi connectivity index (χ3v) is 3.62. The number of amides is 1. The molecule has 2 unspecified atom stereocenters. The summed E-state index contributed by atoms with van der Waals surface area (Å²) in [6.45, 7) is 1.86. The molecule has 0 radical (unpaired) electrons. The van der Waals surface area contributed by atoms with Crippen LogP contribution in [0.25, 0.3) is 0 Å². The van der Waals surface area contributed by atoms with Gasteiger partial charge in [0, 0.05) is 17.5 Å². The van der Waals surface area contributed by atoms with E-state index in [1.807, 2.05) is 13.2 Å². The molecule has 2 atom stereocenters. The monoisotopic (exact) mass is 255 g/mol.